The van der Waals surface area contributed by atoms with Crippen LogP contribution in [-0.2, 0) is 6.18 Å². The van der Waals surface area contributed by atoms with Crippen LogP contribution in [0.1, 0.15) is 11.1 Å². The van der Waals surface area contributed by atoms with Gasteiger partial charge >= 0.3 is 6.18 Å². The molecule has 1 rings (SSSR count). The van der Waals surface area contributed by atoms with Gasteiger partial charge in [-0.1, -0.05) is 0 Å². The van der Waals surface area contributed by atoms with Gasteiger partial charge < -0.3 is 0 Å². The summed E-state index contributed by atoms with van der Waals surface area (Å²) in [4.78, 5) is 0. The van der Waals surface area contributed by atoms with Crippen LogP contribution < -0.4 is 5.73 Å². The molecule has 1 radical (unpaired) electrons. The number of hydrogen-bond acceptors (Lipinski definition) is 1. The maximum Gasteiger partial charge on any atom is 0.416 e. The van der Waals surface area contributed by atoms with Crippen LogP contribution in [0.4, 0.5) is 18.9 Å². The third-order valence-corrected chi connectivity index (χ3v) is 1.47. The number of alkyl halides is 3. The molecule has 0 unspecified atom stereocenters. The molecule has 0 amide bonds. The molecule has 0 aromatic heterocycles. The zero-order valence-corrected chi connectivity index (χ0v) is 6.31. The predicted octanol–water partition coefficient (Wildman–Crippen LogP) is 2.49. The SMILES string of the molecule is N#Cc1cc(C(F)(F)F)ccc1[NH]. The highest BCUT2D eigenvalue weighted by molar-refractivity contribution is 5.53. The molecule has 1 aromatic carbocycles. The van der Waals surface area contributed by atoms with Crippen LogP contribution in [0.3, 0.4) is 0 Å². The molecule has 13 heavy (non-hydrogen) atoms. The second-order valence-electron chi connectivity index (χ2n) is 2.37. The van der Waals surface area contributed by atoms with E-state index in [-0.39, 0.29) is 11.3 Å². The van der Waals surface area contributed by atoms with Crippen LogP contribution in [0.5, 0.6) is 0 Å². The standard InChI is InChI=1S/C8H4F3N2/c9-8(10,11)6-1-2-7(13)5(3-6)4-12/h1-3,13H. The summed E-state index contributed by atoms with van der Waals surface area (Å²) >= 11 is 0. The molecule has 0 aliphatic carbocycles. The quantitative estimate of drug-likeness (QED) is 0.612. The van der Waals surface area contributed by atoms with Gasteiger partial charge in [0, 0.05) is 0 Å². The number of nitriles is 1. The topological polar surface area (TPSA) is 47.6 Å². The fraction of sp³-hybridized carbons (Fsp3) is 0.125. The van der Waals surface area contributed by atoms with Crippen molar-refractivity contribution in [3.8, 4) is 6.07 Å². The third-order valence-electron chi connectivity index (χ3n) is 1.47. The van der Waals surface area contributed by atoms with Crippen molar-refractivity contribution >= 4 is 5.69 Å². The first-order valence-corrected chi connectivity index (χ1v) is 3.28. The van der Waals surface area contributed by atoms with E-state index in [0.717, 1.165) is 12.1 Å². The van der Waals surface area contributed by atoms with Crippen molar-refractivity contribution in [1.29, 1.82) is 5.26 Å². The van der Waals surface area contributed by atoms with E-state index in [1.165, 1.54) is 6.07 Å². The highest BCUT2D eigenvalue weighted by atomic mass is 19.4. The van der Waals surface area contributed by atoms with E-state index in [9.17, 15) is 13.2 Å². The van der Waals surface area contributed by atoms with Gasteiger partial charge in [-0.3, -0.25) is 5.73 Å². The molecule has 0 saturated heterocycles. The van der Waals surface area contributed by atoms with Crippen molar-refractivity contribution in [2.45, 2.75) is 6.18 Å². The predicted molar refractivity (Wildman–Crippen MR) is 38.9 cm³/mol. The Morgan fingerprint density at radius 2 is 1.92 bits per heavy atom. The smallest absolute Gasteiger partial charge is 0.300 e. The lowest BCUT2D eigenvalue weighted by atomic mass is 10.1. The van der Waals surface area contributed by atoms with Gasteiger partial charge in [-0.2, -0.15) is 18.4 Å². The van der Waals surface area contributed by atoms with Gasteiger partial charge in [-0.25, -0.2) is 0 Å². The molecule has 0 heterocycles. The number of nitrogens with zero attached hydrogens (tertiary/aromatic N) is 1. The minimum absolute atomic E-state index is 0.199. The lowest BCUT2D eigenvalue weighted by Gasteiger charge is -2.06. The van der Waals surface area contributed by atoms with Crippen molar-refractivity contribution in [3.05, 3.63) is 29.3 Å². The van der Waals surface area contributed by atoms with Gasteiger partial charge in [0.25, 0.3) is 0 Å². The van der Waals surface area contributed by atoms with E-state index >= 15 is 0 Å². The molecular weight excluding hydrogens is 181 g/mol. The molecule has 0 aliphatic rings. The third kappa shape index (κ3) is 1.90. The minimum atomic E-state index is -4.46. The lowest BCUT2D eigenvalue weighted by molar-refractivity contribution is -0.137. The Hall–Kier alpha value is -1.70. The highest BCUT2D eigenvalue weighted by Crippen LogP contribution is 2.31. The first-order valence-electron chi connectivity index (χ1n) is 3.28. The van der Waals surface area contributed by atoms with Crippen LogP contribution in [0.25, 0.3) is 0 Å². The Labute approximate surface area is 72.4 Å². The highest BCUT2D eigenvalue weighted by Gasteiger charge is 2.30. The van der Waals surface area contributed by atoms with E-state index < -0.39 is 11.7 Å². The molecule has 0 fully saturated rings. The molecule has 0 atom stereocenters. The fourth-order valence-corrected chi connectivity index (χ4v) is 0.813. The van der Waals surface area contributed by atoms with Gasteiger partial charge in [0.1, 0.15) is 6.07 Å². The van der Waals surface area contributed by atoms with Crippen molar-refractivity contribution in [3.63, 3.8) is 0 Å². The average Bonchev–Trinajstić information content (AvgIpc) is 2.03. The van der Waals surface area contributed by atoms with Gasteiger partial charge in [-0.15, -0.1) is 0 Å². The summed E-state index contributed by atoms with van der Waals surface area (Å²) in [5, 5.41) is 8.37. The zero-order chi connectivity index (χ0) is 10.1. The summed E-state index contributed by atoms with van der Waals surface area (Å²) in [5.41, 5.74) is 5.71. The van der Waals surface area contributed by atoms with Crippen molar-refractivity contribution in [1.82, 2.24) is 5.73 Å². The fourth-order valence-electron chi connectivity index (χ4n) is 0.813. The lowest BCUT2D eigenvalue weighted by Crippen LogP contribution is -2.04. The van der Waals surface area contributed by atoms with Crippen LogP contribution in [-0.4, -0.2) is 0 Å². The molecule has 0 saturated carbocycles. The average molecular weight is 185 g/mol. The summed E-state index contributed by atoms with van der Waals surface area (Å²) in [7, 11) is 0. The number of benzene rings is 1. The molecule has 2 nitrogen and oxygen atoms in total. The first kappa shape index (κ1) is 9.39. The van der Waals surface area contributed by atoms with E-state index in [1.807, 2.05) is 0 Å². The van der Waals surface area contributed by atoms with Gasteiger partial charge in [-0.05, 0) is 18.2 Å². The molecule has 1 aromatic rings. The monoisotopic (exact) mass is 185 g/mol. The number of nitrogens with one attached hydrogen (secondary N) is 1. The summed E-state index contributed by atoms with van der Waals surface area (Å²) in [6, 6.07) is 3.93. The normalized spacial score (nSPS) is 10.9. The molecule has 0 spiro atoms. The maximum absolute atomic E-state index is 12.1. The number of halogens is 3. The van der Waals surface area contributed by atoms with Crippen molar-refractivity contribution < 1.29 is 13.2 Å². The van der Waals surface area contributed by atoms with Crippen LogP contribution >= 0.6 is 0 Å². The Kier molecular flexibility index (Phi) is 2.15. The zero-order valence-electron chi connectivity index (χ0n) is 6.31. The molecule has 1 N–H and O–H groups in total. The Morgan fingerprint density at radius 3 is 2.38 bits per heavy atom. The summed E-state index contributed by atoms with van der Waals surface area (Å²) < 4.78 is 36.2. The van der Waals surface area contributed by atoms with E-state index in [4.69, 9.17) is 11.0 Å². The van der Waals surface area contributed by atoms with Crippen LogP contribution in [0.15, 0.2) is 18.2 Å². The molecular formula is C8H4F3N2. The summed E-state index contributed by atoms with van der Waals surface area (Å²) in [6.07, 6.45) is -4.46. The van der Waals surface area contributed by atoms with Crippen molar-refractivity contribution in [2.75, 3.05) is 0 Å². The Bertz CT molecular complexity index is 363. The summed E-state index contributed by atoms with van der Waals surface area (Å²) in [6.45, 7) is 0. The van der Waals surface area contributed by atoms with Crippen LogP contribution in [0, 0.1) is 11.3 Å². The van der Waals surface area contributed by atoms with Gasteiger partial charge in [0.05, 0.1) is 16.8 Å². The Balaban J connectivity index is 3.24. The van der Waals surface area contributed by atoms with E-state index in [1.54, 1.807) is 0 Å². The first-order chi connectivity index (χ1) is 5.95. The molecule has 67 valence electrons. The van der Waals surface area contributed by atoms with Gasteiger partial charge in [0.15, 0.2) is 0 Å². The summed E-state index contributed by atoms with van der Waals surface area (Å²) in [5.74, 6) is 0. The second kappa shape index (κ2) is 2.98. The second-order valence-corrected chi connectivity index (χ2v) is 2.37. The molecule has 5 heteroatoms. The molecule has 0 aliphatic heterocycles. The van der Waals surface area contributed by atoms with Gasteiger partial charge in [0.2, 0.25) is 0 Å². The van der Waals surface area contributed by atoms with E-state index in [0.29, 0.717) is 6.07 Å². The Morgan fingerprint density at radius 1 is 1.31 bits per heavy atom. The number of hydrogen-bond donors (Lipinski definition) is 0. The number of rotatable bonds is 0. The minimum Gasteiger partial charge on any atom is -0.300 e. The van der Waals surface area contributed by atoms with Crippen molar-refractivity contribution in [2.24, 2.45) is 0 Å². The largest absolute Gasteiger partial charge is 0.416 e. The maximum atomic E-state index is 12.1. The van der Waals surface area contributed by atoms with E-state index in [2.05, 4.69) is 0 Å². The van der Waals surface area contributed by atoms with Crippen LogP contribution in [0.2, 0.25) is 0 Å². The molecule has 0 bridgehead atoms.